The molecule has 0 saturated carbocycles. The Morgan fingerprint density at radius 2 is 2.27 bits per heavy atom. The lowest BCUT2D eigenvalue weighted by Crippen LogP contribution is -2.33. The lowest BCUT2D eigenvalue weighted by atomic mass is 10.2. The lowest BCUT2D eigenvalue weighted by Gasteiger charge is -2.04. The lowest BCUT2D eigenvalue weighted by molar-refractivity contribution is -0.139. The summed E-state index contributed by atoms with van der Waals surface area (Å²) in [6, 6.07) is 1.68. The summed E-state index contributed by atoms with van der Waals surface area (Å²) >= 11 is 1.39. The van der Waals surface area contributed by atoms with Crippen molar-refractivity contribution in [2.75, 3.05) is 0 Å². The van der Waals surface area contributed by atoms with Crippen LogP contribution >= 0.6 is 11.3 Å². The minimum Gasteiger partial charge on any atom is -0.430 e. The van der Waals surface area contributed by atoms with E-state index < -0.39 is 24.0 Å². The molecule has 2 rings (SSSR count). The van der Waals surface area contributed by atoms with Crippen LogP contribution < -0.4 is 0 Å². The average Bonchev–Trinajstić information content (AvgIpc) is 2.72. The minimum absolute atomic E-state index is 0.516. The summed E-state index contributed by atoms with van der Waals surface area (Å²) < 4.78 is 4.82. The van der Waals surface area contributed by atoms with E-state index in [1.54, 1.807) is 16.8 Å². The van der Waals surface area contributed by atoms with E-state index >= 15 is 0 Å². The van der Waals surface area contributed by atoms with Gasteiger partial charge in [0, 0.05) is 12.5 Å². The van der Waals surface area contributed by atoms with E-state index in [1.807, 2.05) is 0 Å². The van der Waals surface area contributed by atoms with Crippen LogP contribution in [0.3, 0.4) is 0 Å². The zero-order valence-electron chi connectivity index (χ0n) is 7.80. The van der Waals surface area contributed by atoms with E-state index in [9.17, 15) is 14.4 Å². The first-order valence-corrected chi connectivity index (χ1v) is 5.13. The molecule has 0 N–H and O–H groups in total. The van der Waals surface area contributed by atoms with Gasteiger partial charge in [-0.15, -0.1) is 0 Å². The summed E-state index contributed by atoms with van der Waals surface area (Å²) in [5, 5.41) is 3.48. The molecule has 15 heavy (non-hydrogen) atoms. The van der Waals surface area contributed by atoms with Crippen molar-refractivity contribution in [3.63, 3.8) is 0 Å². The van der Waals surface area contributed by atoms with E-state index in [1.165, 1.54) is 11.3 Å². The molecule has 0 bridgehead atoms. The van der Waals surface area contributed by atoms with Gasteiger partial charge >= 0.3 is 6.09 Å². The minimum atomic E-state index is -0.965. The molecular weight excluding hydrogens is 218 g/mol. The van der Waals surface area contributed by atoms with Crippen LogP contribution in [0.4, 0.5) is 4.79 Å². The highest BCUT2D eigenvalue weighted by molar-refractivity contribution is 7.08. The molecule has 1 aliphatic rings. The Kier molecular flexibility index (Phi) is 2.28. The molecule has 1 saturated heterocycles. The number of amides is 3. The van der Waals surface area contributed by atoms with Gasteiger partial charge in [0.05, 0.1) is 0 Å². The molecular formula is C9H7NO4S. The van der Waals surface area contributed by atoms with Gasteiger partial charge < -0.3 is 4.74 Å². The van der Waals surface area contributed by atoms with Crippen LogP contribution in [0.2, 0.25) is 0 Å². The third-order valence-electron chi connectivity index (χ3n) is 2.01. The van der Waals surface area contributed by atoms with E-state index in [4.69, 9.17) is 4.74 Å². The standard InChI is InChI=1S/C9H7NO4S/c1-5(11)10-8(12)7(14-9(10)13)6-2-3-15-4-6/h2-4,7H,1H3. The van der Waals surface area contributed by atoms with Crippen LogP contribution in [0.1, 0.15) is 18.6 Å². The number of hydrogen-bond acceptors (Lipinski definition) is 5. The second-order valence-corrected chi connectivity index (χ2v) is 3.79. The van der Waals surface area contributed by atoms with Crippen molar-refractivity contribution in [3.8, 4) is 0 Å². The van der Waals surface area contributed by atoms with Crippen LogP contribution in [0, 0.1) is 0 Å². The Balaban J connectivity index is 2.30. The van der Waals surface area contributed by atoms with Gasteiger partial charge in [-0.25, -0.2) is 4.79 Å². The van der Waals surface area contributed by atoms with Crippen molar-refractivity contribution >= 4 is 29.2 Å². The van der Waals surface area contributed by atoms with Crippen molar-refractivity contribution in [2.45, 2.75) is 13.0 Å². The highest BCUT2D eigenvalue weighted by Crippen LogP contribution is 2.28. The van der Waals surface area contributed by atoms with Gasteiger partial charge in [-0.3, -0.25) is 9.59 Å². The first-order chi connectivity index (χ1) is 7.11. The molecule has 3 amide bonds. The Bertz CT molecular complexity index is 425. The fourth-order valence-corrected chi connectivity index (χ4v) is 2.00. The van der Waals surface area contributed by atoms with Crippen molar-refractivity contribution < 1.29 is 19.1 Å². The summed E-state index contributed by atoms with van der Waals surface area (Å²) in [5.74, 6) is -1.24. The maximum atomic E-state index is 11.6. The molecule has 2 heterocycles. The summed E-state index contributed by atoms with van der Waals surface area (Å²) in [6.07, 6.45) is -1.86. The quantitative estimate of drug-likeness (QED) is 0.723. The number of cyclic esters (lactones) is 1. The van der Waals surface area contributed by atoms with Crippen LogP contribution in [0.15, 0.2) is 16.8 Å². The largest absolute Gasteiger partial charge is 0.430 e. The molecule has 1 aromatic rings. The first kappa shape index (κ1) is 9.85. The highest BCUT2D eigenvalue weighted by Gasteiger charge is 2.44. The number of carbonyl (C=O) groups is 3. The third kappa shape index (κ3) is 1.52. The van der Waals surface area contributed by atoms with Crippen molar-refractivity contribution in [1.29, 1.82) is 0 Å². The van der Waals surface area contributed by atoms with Crippen LogP contribution in [-0.2, 0) is 14.3 Å². The topological polar surface area (TPSA) is 63.7 Å². The van der Waals surface area contributed by atoms with Gasteiger partial charge in [0.1, 0.15) is 0 Å². The summed E-state index contributed by atoms with van der Waals surface area (Å²) in [6.45, 7) is 1.15. The molecule has 0 spiro atoms. The zero-order chi connectivity index (χ0) is 11.0. The van der Waals surface area contributed by atoms with Crippen LogP contribution in [-0.4, -0.2) is 22.8 Å². The van der Waals surface area contributed by atoms with Crippen LogP contribution in [0.25, 0.3) is 0 Å². The number of ether oxygens (including phenoxy) is 1. The van der Waals surface area contributed by atoms with E-state index in [0.29, 0.717) is 10.5 Å². The van der Waals surface area contributed by atoms with Gasteiger partial charge in [0.15, 0.2) is 0 Å². The molecule has 1 fully saturated rings. The number of rotatable bonds is 1. The molecule has 5 nitrogen and oxygen atoms in total. The van der Waals surface area contributed by atoms with Gasteiger partial charge in [-0.05, 0) is 16.8 Å². The average molecular weight is 225 g/mol. The van der Waals surface area contributed by atoms with E-state index in [-0.39, 0.29) is 0 Å². The Hall–Kier alpha value is -1.69. The zero-order valence-corrected chi connectivity index (χ0v) is 8.61. The maximum absolute atomic E-state index is 11.6. The normalized spacial score (nSPS) is 20.6. The summed E-state index contributed by atoms with van der Waals surface area (Å²) in [5.41, 5.74) is 0.599. The Morgan fingerprint density at radius 1 is 1.53 bits per heavy atom. The predicted octanol–water partition coefficient (Wildman–Crippen LogP) is 1.31. The van der Waals surface area contributed by atoms with Crippen molar-refractivity contribution in [2.24, 2.45) is 0 Å². The number of hydrogen-bond donors (Lipinski definition) is 0. The molecule has 1 aromatic heterocycles. The molecule has 0 aliphatic carbocycles. The fraction of sp³-hybridized carbons (Fsp3) is 0.222. The number of carbonyl (C=O) groups excluding carboxylic acids is 3. The van der Waals surface area contributed by atoms with Gasteiger partial charge in [-0.2, -0.15) is 16.2 Å². The fourth-order valence-electron chi connectivity index (χ4n) is 1.33. The van der Waals surface area contributed by atoms with E-state index in [2.05, 4.69) is 0 Å². The molecule has 78 valence electrons. The summed E-state index contributed by atoms with van der Waals surface area (Å²) in [4.78, 5) is 34.3. The molecule has 1 aliphatic heterocycles. The molecule has 6 heteroatoms. The Labute approximate surface area is 89.2 Å². The van der Waals surface area contributed by atoms with Gasteiger partial charge in [0.2, 0.25) is 12.0 Å². The molecule has 1 atom stereocenters. The van der Waals surface area contributed by atoms with Gasteiger partial charge in [-0.1, -0.05) is 0 Å². The second kappa shape index (κ2) is 3.47. The second-order valence-electron chi connectivity index (χ2n) is 3.01. The SMILES string of the molecule is CC(=O)N1C(=O)OC(c2ccsc2)C1=O. The number of thiophene rings is 1. The maximum Gasteiger partial charge on any atom is 0.424 e. The third-order valence-corrected chi connectivity index (χ3v) is 2.71. The predicted molar refractivity (Wildman–Crippen MR) is 51.1 cm³/mol. The van der Waals surface area contributed by atoms with Crippen molar-refractivity contribution in [1.82, 2.24) is 4.90 Å². The smallest absolute Gasteiger partial charge is 0.424 e. The summed E-state index contributed by atoms with van der Waals surface area (Å²) in [7, 11) is 0. The van der Waals surface area contributed by atoms with Crippen LogP contribution in [0.5, 0.6) is 0 Å². The molecule has 0 aromatic carbocycles. The Morgan fingerprint density at radius 3 is 2.73 bits per heavy atom. The molecule has 0 radical (unpaired) electrons. The number of nitrogens with zero attached hydrogens (tertiary/aromatic N) is 1. The molecule has 1 unspecified atom stereocenters. The monoisotopic (exact) mass is 225 g/mol. The number of imide groups is 3. The van der Waals surface area contributed by atoms with Gasteiger partial charge in [0.25, 0.3) is 5.91 Å². The van der Waals surface area contributed by atoms with E-state index in [0.717, 1.165) is 6.92 Å². The highest BCUT2D eigenvalue weighted by atomic mass is 32.1. The van der Waals surface area contributed by atoms with Crippen molar-refractivity contribution in [3.05, 3.63) is 22.4 Å². The first-order valence-electron chi connectivity index (χ1n) is 4.18.